The van der Waals surface area contributed by atoms with Crippen molar-refractivity contribution < 1.29 is 29.3 Å². The molecule has 0 unspecified atom stereocenters. The summed E-state index contributed by atoms with van der Waals surface area (Å²) in [5, 5.41) is 21.3. The minimum atomic E-state index is -1.91. The van der Waals surface area contributed by atoms with E-state index in [-0.39, 0.29) is 43.5 Å². The molecule has 0 bridgehead atoms. The number of fused-ring (bicyclic) bond motifs is 3. The van der Waals surface area contributed by atoms with Crippen molar-refractivity contribution in [3.63, 3.8) is 0 Å². The van der Waals surface area contributed by atoms with Crippen LogP contribution in [-0.4, -0.2) is 68.3 Å². The molecular weight excluding hydrogens is 452 g/mol. The number of β-amino-alcohol motifs (C(OH)–C–C–N with tert-alkyl or cyclic N) is 1. The molecule has 2 amide bonds. The first-order valence-corrected chi connectivity index (χ1v) is 11.0. The highest BCUT2D eigenvalue weighted by molar-refractivity contribution is 5.96. The number of rotatable bonds is 6. The Balaban J connectivity index is 1.13. The lowest BCUT2D eigenvalue weighted by molar-refractivity contribution is -0.173. The minimum Gasteiger partial charge on any atom is -0.479 e. The lowest BCUT2D eigenvalue weighted by atomic mass is 9.94. The van der Waals surface area contributed by atoms with E-state index >= 15 is 0 Å². The van der Waals surface area contributed by atoms with Crippen molar-refractivity contribution >= 4 is 18.0 Å². The van der Waals surface area contributed by atoms with Gasteiger partial charge in [-0.05, 0) is 22.3 Å². The molecule has 178 valence electrons. The first-order chi connectivity index (χ1) is 16.9. The molecule has 10 nitrogen and oxygen atoms in total. The van der Waals surface area contributed by atoms with Crippen molar-refractivity contribution in [2.45, 2.75) is 18.1 Å². The van der Waals surface area contributed by atoms with Crippen LogP contribution in [0.25, 0.3) is 11.1 Å². The van der Waals surface area contributed by atoms with Gasteiger partial charge >= 0.3 is 12.1 Å². The maximum atomic E-state index is 12.4. The Bertz CT molecular complexity index is 1260. The van der Waals surface area contributed by atoms with Crippen molar-refractivity contribution in [2.24, 2.45) is 0 Å². The fraction of sp³-hybridized carbons (Fsp3) is 0.240. The predicted octanol–water partition coefficient (Wildman–Crippen LogP) is 1.79. The van der Waals surface area contributed by atoms with Gasteiger partial charge in [-0.15, -0.1) is 0 Å². The lowest BCUT2D eigenvalue weighted by Crippen LogP contribution is -2.67. The van der Waals surface area contributed by atoms with Crippen LogP contribution in [0.2, 0.25) is 0 Å². The van der Waals surface area contributed by atoms with Crippen LogP contribution < -0.4 is 5.32 Å². The van der Waals surface area contributed by atoms with Crippen LogP contribution in [0, 0.1) is 0 Å². The fourth-order valence-corrected chi connectivity index (χ4v) is 4.40. The second-order valence-electron chi connectivity index (χ2n) is 8.57. The summed E-state index contributed by atoms with van der Waals surface area (Å²) < 4.78 is 5.48. The Labute approximate surface area is 200 Å². The fourth-order valence-electron chi connectivity index (χ4n) is 4.40. The molecule has 2 aromatic carbocycles. The normalized spacial score (nSPS) is 15.5. The number of hydrogen-bond donors (Lipinski definition) is 3. The highest BCUT2D eigenvalue weighted by Gasteiger charge is 2.50. The molecule has 5 rings (SSSR count). The SMILES string of the molecule is O=C(NCc1ncc(C(=O)N2CC(O)(C(=O)O)C2)cn1)OCC1c2ccccc2-c2ccccc21. The van der Waals surface area contributed by atoms with Gasteiger partial charge in [0.25, 0.3) is 5.91 Å². The zero-order valence-corrected chi connectivity index (χ0v) is 18.5. The number of nitrogens with one attached hydrogen (secondary N) is 1. The standard InChI is InChI=1S/C25H22N4O6/c30-22(29-13-25(34,14-29)23(31)32)15-9-26-21(27-10-15)11-28-24(33)35-12-20-18-7-3-1-5-16(18)17-6-2-4-8-19(17)20/h1-10,20,34H,11-14H2,(H,28,33)(H,31,32). The minimum absolute atomic E-state index is 0.00756. The summed E-state index contributed by atoms with van der Waals surface area (Å²) in [5.41, 5.74) is 2.77. The molecule has 0 spiro atoms. The van der Waals surface area contributed by atoms with Gasteiger partial charge in [0.2, 0.25) is 0 Å². The molecule has 2 aliphatic rings. The number of aliphatic hydroxyl groups is 1. The van der Waals surface area contributed by atoms with Gasteiger partial charge in [-0.1, -0.05) is 48.5 Å². The highest BCUT2D eigenvalue weighted by atomic mass is 16.5. The van der Waals surface area contributed by atoms with Crippen LogP contribution >= 0.6 is 0 Å². The summed E-state index contributed by atoms with van der Waals surface area (Å²) in [6.07, 6.45) is 1.98. The Morgan fingerprint density at radius 3 is 2.14 bits per heavy atom. The number of alkyl carbamates (subject to hydrolysis) is 1. The number of carbonyl (C=O) groups is 3. The maximum absolute atomic E-state index is 12.4. The molecule has 10 heteroatoms. The maximum Gasteiger partial charge on any atom is 0.407 e. The molecule has 35 heavy (non-hydrogen) atoms. The summed E-state index contributed by atoms with van der Waals surface area (Å²) >= 11 is 0. The molecule has 3 aromatic rings. The average molecular weight is 474 g/mol. The summed E-state index contributed by atoms with van der Waals surface area (Å²) in [6.45, 7) is -0.404. The van der Waals surface area contributed by atoms with Crippen molar-refractivity contribution in [1.82, 2.24) is 20.2 Å². The number of benzene rings is 2. The third kappa shape index (κ3) is 4.19. The van der Waals surface area contributed by atoms with E-state index in [9.17, 15) is 19.5 Å². The second-order valence-corrected chi connectivity index (χ2v) is 8.57. The van der Waals surface area contributed by atoms with Gasteiger partial charge in [-0.3, -0.25) is 4.79 Å². The van der Waals surface area contributed by atoms with Gasteiger partial charge < -0.3 is 25.2 Å². The van der Waals surface area contributed by atoms with E-state index in [2.05, 4.69) is 27.4 Å². The molecule has 2 heterocycles. The van der Waals surface area contributed by atoms with Crippen LogP contribution in [0.4, 0.5) is 4.79 Å². The van der Waals surface area contributed by atoms with E-state index in [1.807, 2.05) is 36.4 Å². The molecular formula is C25H22N4O6. The zero-order chi connectivity index (χ0) is 24.6. The first-order valence-electron chi connectivity index (χ1n) is 11.0. The smallest absolute Gasteiger partial charge is 0.407 e. The molecule has 1 aliphatic carbocycles. The number of aliphatic carboxylic acids is 1. The highest BCUT2D eigenvalue weighted by Crippen LogP contribution is 2.44. The molecule has 1 aliphatic heterocycles. The number of carboxylic acid groups (broad SMARTS) is 1. The van der Waals surface area contributed by atoms with Crippen LogP contribution in [0.5, 0.6) is 0 Å². The van der Waals surface area contributed by atoms with Crippen LogP contribution in [-0.2, 0) is 16.1 Å². The van der Waals surface area contributed by atoms with Crippen molar-refractivity contribution in [3.05, 3.63) is 83.4 Å². The van der Waals surface area contributed by atoms with Crippen molar-refractivity contribution in [3.8, 4) is 11.1 Å². The van der Waals surface area contributed by atoms with Gasteiger partial charge in [0.05, 0.1) is 25.2 Å². The molecule has 0 radical (unpaired) electrons. The van der Waals surface area contributed by atoms with E-state index < -0.39 is 23.6 Å². The number of aromatic nitrogens is 2. The van der Waals surface area contributed by atoms with Gasteiger partial charge in [-0.2, -0.15) is 0 Å². The number of carboxylic acids is 1. The Hall–Kier alpha value is -4.31. The number of ether oxygens (including phenoxy) is 1. The van der Waals surface area contributed by atoms with Gasteiger partial charge in [-0.25, -0.2) is 19.6 Å². The Morgan fingerprint density at radius 1 is 1.00 bits per heavy atom. The predicted molar refractivity (Wildman–Crippen MR) is 122 cm³/mol. The number of likely N-dealkylation sites (tertiary alicyclic amines) is 1. The topological polar surface area (TPSA) is 142 Å². The Morgan fingerprint density at radius 2 is 1.57 bits per heavy atom. The van der Waals surface area contributed by atoms with E-state index in [0.717, 1.165) is 22.3 Å². The van der Waals surface area contributed by atoms with Crippen LogP contribution in [0.1, 0.15) is 33.2 Å². The van der Waals surface area contributed by atoms with Crippen LogP contribution in [0.3, 0.4) is 0 Å². The largest absolute Gasteiger partial charge is 0.479 e. The van der Waals surface area contributed by atoms with Crippen molar-refractivity contribution in [2.75, 3.05) is 19.7 Å². The molecule has 3 N–H and O–H groups in total. The third-order valence-corrected chi connectivity index (χ3v) is 6.28. The lowest BCUT2D eigenvalue weighted by Gasteiger charge is -2.43. The molecule has 1 aromatic heterocycles. The van der Waals surface area contributed by atoms with E-state index in [1.165, 1.54) is 17.3 Å². The molecule has 1 saturated heterocycles. The molecule has 0 atom stereocenters. The van der Waals surface area contributed by atoms with E-state index in [4.69, 9.17) is 9.84 Å². The third-order valence-electron chi connectivity index (χ3n) is 6.28. The first kappa shape index (κ1) is 22.5. The van der Waals surface area contributed by atoms with Gasteiger partial charge in [0, 0.05) is 18.3 Å². The monoisotopic (exact) mass is 474 g/mol. The number of nitrogens with zero attached hydrogens (tertiary/aromatic N) is 3. The van der Waals surface area contributed by atoms with E-state index in [0.29, 0.717) is 0 Å². The van der Waals surface area contributed by atoms with Crippen LogP contribution in [0.15, 0.2) is 60.9 Å². The summed E-state index contributed by atoms with van der Waals surface area (Å²) in [5.74, 6) is -1.62. The summed E-state index contributed by atoms with van der Waals surface area (Å²) in [4.78, 5) is 45.0. The quantitative estimate of drug-likeness (QED) is 0.491. The van der Waals surface area contributed by atoms with E-state index in [1.54, 1.807) is 0 Å². The number of amides is 2. The summed E-state index contributed by atoms with van der Waals surface area (Å²) in [7, 11) is 0. The Kier molecular flexibility index (Phi) is 5.65. The molecule has 0 saturated carbocycles. The molecule has 1 fully saturated rings. The second kappa shape index (κ2) is 8.80. The van der Waals surface area contributed by atoms with Gasteiger partial charge in [0.15, 0.2) is 5.60 Å². The average Bonchev–Trinajstić information content (AvgIpc) is 3.17. The zero-order valence-electron chi connectivity index (χ0n) is 18.5. The summed E-state index contributed by atoms with van der Waals surface area (Å²) in [6, 6.07) is 16.1. The number of carbonyl (C=O) groups excluding carboxylic acids is 2. The van der Waals surface area contributed by atoms with Gasteiger partial charge in [0.1, 0.15) is 12.4 Å². The number of hydrogen-bond acceptors (Lipinski definition) is 7. The van der Waals surface area contributed by atoms with Crippen molar-refractivity contribution in [1.29, 1.82) is 0 Å².